The van der Waals surface area contributed by atoms with Crippen LogP contribution in [0.5, 0.6) is 0 Å². The van der Waals surface area contributed by atoms with Crippen LogP contribution in [0.1, 0.15) is 0 Å². The van der Waals surface area contributed by atoms with Gasteiger partial charge in [-0.2, -0.15) is 0 Å². The fourth-order valence-electron chi connectivity index (χ4n) is 1.88. The second-order valence-electron chi connectivity index (χ2n) is 5.22. The molecule has 0 fully saturated rings. The van der Waals surface area contributed by atoms with E-state index in [0.717, 1.165) is 0 Å². The van der Waals surface area contributed by atoms with Gasteiger partial charge in [-0.15, -0.1) is 0 Å². The third-order valence-corrected chi connectivity index (χ3v) is 6.32. The lowest BCUT2D eigenvalue weighted by Crippen LogP contribution is -2.45. The fraction of sp³-hybridized carbons (Fsp3) is 0.500. The molecular formula is C12H10Br2Cl6N4O4. The zero-order valence-corrected chi connectivity index (χ0v) is 20.9. The molecule has 8 nitrogen and oxygen atoms in total. The Kier molecular flexibility index (Phi) is 9.95. The third-order valence-electron chi connectivity index (χ3n) is 3.19. The molecule has 0 aliphatic heterocycles. The standard InChI is InChI=1S/C12H10Br2Cl6N4O4/c13-9(23(25)26)7(11(15,16)17)21-5-1-2-6(4-3-5)22-8(12(18,19)20)10(14)24(27)28/h1-4,7-10,21-22H. The van der Waals surface area contributed by atoms with Crippen LogP contribution in [-0.2, 0) is 0 Å². The summed E-state index contributed by atoms with van der Waals surface area (Å²) >= 11 is 40.6. The van der Waals surface area contributed by atoms with Gasteiger partial charge in [0, 0.05) is 21.2 Å². The third kappa shape index (κ3) is 7.86. The summed E-state index contributed by atoms with van der Waals surface area (Å²) < 4.78 is -3.98. The monoisotopic (exact) mass is 642 g/mol. The van der Waals surface area contributed by atoms with E-state index in [1.54, 1.807) is 0 Å². The second-order valence-corrected chi connectivity index (χ2v) is 11.8. The van der Waals surface area contributed by atoms with Crippen LogP contribution in [0.4, 0.5) is 11.4 Å². The van der Waals surface area contributed by atoms with Gasteiger partial charge in [-0.05, 0) is 56.1 Å². The zero-order chi connectivity index (χ0) is 21.9. The molecule has 0 aliphatic rings. The molecule has 1 rings (SSSR count). The van der Waals surface area contributed by atoms with Crippen LogP contribution < -0.4 is 10.6 Å². The fourth-order valence-corrected chi connectivity index (χ4v) is 4.89. The van der Waals surface area contributed by atoms with Gasteiger partial charge in [0.25, 0.3) is 9.90 Å². The van der Waals surface area contributed by atoms with Crippen molar-refractivity contribution < 1.29 is 9.85 Å². The molecule has 0 aromatic heterocycles. The van der Waals surface area contributed by atoms with Crippen molar-refractivity contribution in [3.05, 3.63) is 44.5 Å². The molecule has 1 aromatic rings. The van der Waals surface area contributed by atoms with Crippen molar-refractivity contribution in [1.29, 1.82) is 0 Å². The highest BCUT2D eigenvalue weighted by Crippen LogP contribution is 2.38. The maximum Gasteiger partial charge on any atom is 0.289 e. The van der Waals surface area contributed by atoms with Gasteiger partial charge in [0.2, 0.25) is 7.59 Å². The Morgan fingerprint density at radius 1 is 0.750 bits per heavy atom. The minimum atomic E-state index is -1.99. The van der Waals surface area contributed by atoms with Crippen molar-refractivity contribution in [3.63, 3.8) is 0 Å². The van der Waals surface area contributed by atoms with Crippen LogP contribution in [0.3, 0.4) is 0 Å². The molecule has 4 atom stereocenters. The summed E-state index contributed by atoms with van der Waals surface area (Å²) in [6.45, 7) is 0. The molecule has 0 saturated carbocycles. The molecule has 0 amide bonds. The van der Waals surface area contributed by atoms with Gasteiger partial charge in [0.1, 0.15) is 0 Å². The number of nitro groups is 2. The Balaban J connectivity index is 3.00. The second kappa shape index (κ2) is 10.6. The van der Waals surface area contributed by atoms with E-state index in [4.69, 9.17) is 69.6 Å². The Hall–Kier alpha value is 0.320. The lowest BCUT2D eigenvalue weighted by Gasteiger charge is -2.27. The Labute approximate surface area is 206 Å². The molecule has 4 unspecified atom stereocenters. The van der Waals surface area contributed by atoms with Crippen molar-refractivity contribution in [2.45, 2.75) is 29.6 Å². The maximum atomic E-state index is 11.0. The first-order valence-electron chi connectivity index (χ1n) is 6.96. The van der Waals surface area contributed by atoms with Crippen molar-refractivity contribution in [2.75, 3.05) is 10.6 Å². The van der Waals surface area contributed by atoms with Crippen molar-refractivity contribution in [3.8, 4) is 0 Å². The van der Waals surface area contributed by atoms with Crippen LogP contribution >= 0.6 is 101 Å². The molecule has 0 spiro atoms. The van der Waals surface area contributed by atoms with E-state index in [-0.39, 0.29) is 0 Å². The number of hydrogen-bond acceptors (Lipinski definition) is 6. The lowest BCUT2D eigenvalue weighted by molar-refractivity contribution is -0.494. The van der Waals surface area contributed by atoms with E-state index in [9.17, 15) is 20.2 Å². The van der Waals surface area contributed by atoms with Crippen LogP contribution in [0.15, 0.2) is 24.3 Å². The number of halogens is 8. The number of rotatable bonds is 8. The van der Waals surface area contributed by atoms with E-state index >= 15 is 0 Å². The zero-order valence-electron chi connectivity index (χ0n) is 13.2. The summed E-state index contributed by atoms with van der Waals surface area (Å²) in [4.78, 5) is 17.9. The lowest BCUT2D eigenvalue weighted by atomic mass is 10.2. The number of alkyl halides is 8. The van der Waals surface area contributed by atoms with Gasteiger partial charge in [-0.25, -0.2) is 0 Å². The van der Waals surface area contributed by atoms with E-state index in [1.165, 1.54) is 24.3 Å². The summed E-state index contributed by atoms with van der Waals surface area (Å²) in [7, 11) is 0. The smallest absolute Gasteiger partial charge is 0.289 e. The van der Waals surface area contributed by atoms with Crippen molar-refractivity contribution in [2.24, 2.45) is 0 Å². The van der Waals surface area contributed by atoms with Gasteiger partial charge in [0.15, 0.2) is 12.1 Å². The summed E-state index contributed by atoms with van der Waals surface area (Å²) in [6.07, 6.45) is 0. The molecule has 16 heteroatoms. The molecule has 0 bridgehead atoms. The minimum Gasteiger partial charge on any atom is -0.371 e. The average Bonchev–Trinajstić information content (AvgIpc) is 2.55. The molecule has 0 heterocycles. The molecule has 28 heavy (non-hydrogen) atoms. The first kappa shape index (κ1) is 26.4. The topological polar surface area (TPSA) is 110 Å². The number of benzene rings is 1. The van der Waals surface area contributed by atoms with Gasteiger partial charge >= 0.3 is 0 Å². The van der Waals surface area contributed by atoms with Gasteiger partial charge in [-0.1, -0.05) is 69.6 Å². The largest absolute Gasteiger partial charge is 0.371 e. The van der Waals surface area contributed by atoms with Gasteiger partial charge in [-0.3, -0.25) is 20.2 Å². The average molecular weight is 647 g/mol. The highest BCUT2D eigenvalue weighted by Gasteiger charge is 2.45. The van der Waals surface area contributed by atoms with Crippen molar-refractivity contribution in [1.82, 2.24) is 0 Å². The molecule has 2 N–H and O–H groups in total. The van der Waals surface area contributed by atoms with Crippen molar-refractivity contribution >= 4 is 113 Å². The quantitative estimate of drug-likeness (QED) is 0.156. The molecule has 0 saturated heterocycles. The van der Waals surface area contributed by atoms with E-state index < -0.39 is 39.4 Å². The number of nitrogens with one attached hydrogen (secondary N) is 2. The van der Waals surface area contributed by atoms with E-state index in [0.29, 0.717) is 11.4 Å². The number of nitrogens with zero attached hydrogens (tertiary/aromatic N) is 2. The Bertz CT molecular complexity index is 644. The Morgan fingerprint density at radius 3 is 1.18 bits per heavy atom. The summed E-state index contributed by atoms with van der Waals surface area (Å²) in [5, 5.41) is 27.5. The van der Waals surface area contributed by atoms with Crippen LogP contribution in [0.25, 0.3) is 0 Å². The Morgan fingerprint density at radius 2 is 1.00 bits per heavy atom. The molecule has 0 radical (unpaired) electrons. The highest BCUT2D eigenvalue weighted by molar-refractivity contribution is 9.09. The van der Waals surface area contributed by atoms with E-state index in [2.05, 4.69) is 42.5 Å². The van der Waals surface area contributed by atoms with Gasteiger partial charge in [0.05, 0.1) is 0 Å². The predicted octanol–water partition coefficient (Wildman–Crippen LogP) is 5.98. The van der Waals surface area contributed by atoms with Crippen LogP contribution in [0, 0.1) is 20.2 Å². The summed E-state index contributed by atoms with van der Waals surface area (Å²) in [6, 6.07) is 3.57. The van der Waals surface area contributed by atoms with Crippen LogP contribution in [0.2, 0.25) is 0 Å². The minimum absolute atomic E-state index is 0.378. The molecule has 1 aromatic carbocycles. The normalized spacial score (nSPS) is 16.6. The summed E-state index contributed by atoms with van der Waals surface area (Å²) in [5.41, 5.74) is 0.756. The first-order chi connectivity index (χ1) is 12.6. The predicted molar refractivity (Wildman–Crippen MR) is 121 cm³/mol. The highest BCUT2D eigenvalue weighted by atomic mass is 79.9. The number of anilines is 2. The summed E-state index contributed by atoms with van der Waals surface area (Å²) in [5.74, 6) is 0. The maximum absolute atomic E-state index is 11.0. The van der Waals surface area contributed by atoms with Gasteiger partial charge < -0.3 is 10.6 Å². The number of hydrogen-bond donors (Lipinski definition) is 2. The first-order valence-corrected chi connectivity index (χ1v) is 11.1. The molecule has 0 aliphatic carbocycles. The van der Waals surface area contributed by atoms with E-state index in [1.807, 2.05) is 0 Å². The molecule has 158 valence electrons. The molecular weight excluding hydrogens is 637 g/mol. The SMILES string of the molecule is O=[N+]([O-])C(Br)C(Nc1ccc(NC(C(Br)[N+](=O)[O-])C(Cl)(Cl)Cl)cc1)C(Cl)(Cl)Cl. The van der Waals surface area contributed by atoms with Crippen LogP contribution in [-0.4, -0.2) is 39.4 Å².